The molecule has 1 aliphatic heterocycles. The number of anilines is 1. The Morgan fingerprint density at radius 3 is 2.81 bits per heavy atom. The molecule has 31 heavy (non-hydrogen) atoms. The van der Waals surface area contributed by atoms with Gasteiger partial charge in [-0.2, -0.15) is 0 Å². The zero-order chi connectivity index (χ0) is 22.1. The maximum Gasteiger partial charge on any atom is 0.305 e. The van der Waals surface area contributed by atoms with E-state index in [-0.39, 0.29) is 25.4 Å². The lowest BCUT2D eigenvalue weighted by Crippen LogP contribution is -2.38. The van der Waals surface area contributed by atoms with Crippen molar-refractivity contribution in [2.75, 3.05) is 12.4 Å². The first-order valence-corrected chi connectivity index (χ1v) is 9.77. The average Bonchev–Trinajstić information content (AvgIpc) is 3.05. The van der Waals surface area contributed by atoms with Crippen LogP contribution in [0.25, 0.3) is 11.2 Å². The minimum absolute atomic E-state index is 0.204. The van der Waals surface area contributed by atoms with Gasteiger partial charge in [-0.05, 0) is 42.8 Å². The summed E-state index contributed by atoms with van der Waals surface area (Å²) in [5.74, 6) is -1.04. The van der Waals surface area contributed by atoms with Gasteiger partial charge in [0.15, 0.2) is 5.65 Å². The van der Waals surface area contributed by atoms with Gasteiger partial charge in [-0.1, -0.05) is 0 Å². The van der Waals surface area contributed by atoms with Crippen LogP contribution < -0.4 is 10.6 Å². The number of pyridine rings is 1. The van der Waals surface area contributed by atoms with Crippen LogP contribution in [-0.4, -0.2) is 55.8 Å². The number of carbonyl (C=O) groups is 3. The number of aryl methyl sites for hydroxylation is 1. The van der Waals surface area contributed by atoms with Gasteiger partial charge in [-0.25, -0.2) is 9.97 Å². The fraction of sp³-hybridized carbons (Fsp3) is 0.286. The van der Waals surface area contributed by atoms with E-state index in [0.717, 1.165) is 11.2 Å². The van der Waals surface area contributed by atoms with Gasteiger partial charge in [0.1, 0.15) is 11.9 Å². The van der Waals surface area contributed by atoms with Crippen molar-refractivity contribution in [2.24, 2.45) is 0 Å². The van der Waals surface area contributed by atoms with E-state index in [1.165, 1.54) is 0 Å². The third-order valence-corrected chi connectivity index (χ3v) is 5.10. The minimum atomic E-state index is -1.07. The molecule has 0 spiro atoms. The molecule has 0 bridgehead atoms. The summed E-state index contributed by atoms with van der Waals surface area (Å²) >= 11 is 0. The number of fused-ring (bicyclic) bond motifs is 2. The average molecular weight is 422 g/mol. The zero-order valence-corrected chi connectivity index (χ0v) is 17.1. The number of nitrogens with zero attached hydrogens (tertiary/aromatic N) is 3. The number of hydrogen-bond acceptors (Lipinski definition) is 6. The van der Waals surface area contributed by atoms with E-state index in [1.807, 2.05) is 19.1 Å². The van der Waals surface area contributed by atoms with E-state index < -0.39 is 17.9 Å². The van der Waals surface area contributed by atoms with Gasteiger partial charge in [-0.15, -0.1) is 0 Å². The Morgan fingerprint density at radius 2 is 2.03 bits per heavy atom. The van der Waals surface area contributed by atoms with Crippen LogP contribution in [0.15, 0.2) is 30.3 Å². The summed E-state index contributed by atoms with van der Waals surface area (Å²) in [7, 11) is 1.68. The van der Waals surface area contributed by atoms with Crippen molar-refractivity contribution in [1.29, 1.82) is 0 Å². The molecule has 1 atom stereocenters. The number of benzene rings is 1. The van der Waals surface area contributed by atoms with Crippen molar-refractivity contribution < 1.29 is 19.5 Å². The molecule has 160 valence electrons. The van der Waals surface area contributed by atoms with Gasteiger partial charge in [-0.3, -0.25) is 14.4 Å². The van der Waals surface area contributed by atoms with Crippen molar-refractivity contribution in [3.05, 3.63) is 53.0 Å². The Kier molecular flexibility index (Phi) is 5.28. The molecule has 0 aliphatic carbocycles. The molecular weight excluding hydrogens is 400 g/mol. The Labute approximate surface area is 177 Å². The highest BCUT2D eigenvalue weighted by Crippen LogP contribution is 2.23. The van der Waals surface area contributed by atoms with Gasteiger partial charge in [0.25, 0.3) is 5.91 Å². The quantitative estimate of drug-likeness (QED) is 0.487. The van der Waals surface area contributed by atoms with Crippen LogP contribution in [0.3, 0.4) is 0 Å². The summed E-state index contributed by atoms with van der Waals surface area (Å²) in [6, 6.07) is 7.98. The van der Waals surface area contributed by atoms with Gasteiger partial charge in [0.2, 0.25) is 5.91 Å². The summed E-state index contributed by atoms with van der Waals surface area (Å²) < 4.78 is 0. The maximum absolute atomic E-state index is 12.9. The summed E-state index contributed by atoms with van der Waals surface area (Å²) in [4.78, 5) is 49.6. The monoisotopic (exact) mass is 422 g/mol. The number of carbonyl (C=O) groups excluding carboxylic acids is 2. The Balaban J connectivity index is 1.50. The maximum atomic E-state index is 12.9. The number of nitrogens with one attached hydrogen (secondary N) is 3. The standard InChI is InChI=1S/C21H22N6O4/c1-11-3-5-15-19(23-11)26-17(25-15)10-27(2)21(31)12-4-6-14-13(7-12)9-22-20(30)16(24-14)8-18(28)29/h3-7,16,24H,8-10H2,1-2H3,(H,22,30)(H,28,29)(H,23,25,26)/t16-/m0/s1. The molecule has 0 radical (unpaired) electrons. The third-order valence-electron chi connectivity index (χ3n) is 5.10. The molecule has 0 fully saturated rings. The van der Waals surface area contributed by atoms with Crippen LogP contribution in [0.4, 0.5) is 5.69 Å². The second-order valence-electron chi connectivity index (χ2n) is 7.55. The second-order valence-corrected chi connectivity index (χ2v) is 7.55. The molecule has 1 aromatic carbocycles. The van der Waals surface area contributed by atoms with Crippen molar-refractivity contribution >= 4 is 34.6 Å². The van der Waals surface area contributed by atoms with Crippen LogP contribution in [0.1, 0.15) is 33.9 Å². The number of carboxylic acid groups (broad SMARTS) is 1. The molecule has 4 N–H and O–H groups in total. The molecule has 4 rings (SSSR count). The lowest BCUT2D eigenvalue weighted by molar-refractivity contribution is -0.139. The first-order valence-electron chi connectivity index (χ1n) is 9.77. The molecule has 0 saturated carbocycles. The van der Waals surface area contributed by atoms with Gasteiger partial charge >= 0.3 is 5.97 Å². The van der Waals surface area contributed by atoms with E-state index in [0.29, 0.717) is 28.3 Å². The topological polar surface area (TPSA) is 140 Å². The number of amides is 2. The minimum Gasteiger partial charge on any atom is -0.481 e. The molecule has 0 saturated heterocycles. The fourth-order valence-corrected chi connectivity index (χ4v) is 3.52. The summed E-state index contributed by atoms with van der Waals surface area (Å²) in [6.07, 6.45) is -0.333. The van der Waals surface area contributed by atoms with E-state index >= 15 is 0 Å². The van der Waals surface area contributed by atoms with E-state index in [2.05, 4.69) is 25.6 Å². The fourth-order valence-electron chi connectivity index (χ4n) is 3.52. The normalized spacial score (nSPS) is 15.5. The Morgan fingerprint density at radius 1 is 1.23 bits per heavy atom. The van der Waals surface area contributed by atoms with Gasteiger partial charge < -0.3 is 25.6 Å². The van der Waals surface area contributed by atoms with Gasteiger partial charge in [0.05, 0.1) is 18.5 Å². The number of hydrogen-bond donors (Lipinski definition) is 4. The molecule has 10 heteroatoms. The van der Waals surface area contributed by atoms with E-state index in [1.54, 1.807) is 30.1 Å². The number of aliphatic carboxylic acids is 1. The molecular formula is C21H22N6O4. The highest BCUT2D eigenvalue weighted by molar-refractivity contribution is 5.95. The van der Waals surface area contributed by atoms with E-state index in [9.17, 15) is 14.4 Å². The SMILES string of the molecule is Cc1ccc2[nH]c(CN(C)C(=O)c3ccc4c(c3)CNC(=O)[C@H](CC(=O)O)N4)nc2n1. The van der Waals surface area contributed by atoms with Crippen molar-refractivity contribution in [2.45, 2.75) is 32.5 Å². The summed E-state index contributed by atoms with van der Waals surface area (Å²) in [5.41, 5.74) is 4.08. The molecule has 2 aromatic heterocycles. The molecule has 1 aliphatic rings. The lowest BCUT2D eigenvalue weighted by atomic mass is 10.1. The van der Waals surface area contributed by atoms with Gasteiger partial charge in [0, 0.05) is 30.5 Å². The number of imidazole rings is 1. The van der Waals surface area contributed by atoms with Crippen LogP contribution >= 0.6 is 0 Å². The van der Waals surface area contributed by atoms with Crippen LogP contribution in [-0.2, 0) is 22.7 Å². The van der Waals surface area contributed by atoms with Crippen molar-refractivity contribution in [1.82, 2.24) is 25.2 Å². The highest BCUT2D eigenvalue weighted by atomic mass is 16.4. The van der Waals surface area contributed by atoms with Crippen LogP contribution in [0.5, 0.6) is 0 Å². The largest absolute Gasteiger partial charge is 0.481 e. The van der Waals surface area contributed by atoms with Crippen LogP contribution in [0, 0.1) is 6.92 Å². The molecule has 10 nitrogen and oxygen atoms in total. The molecule has 0 unspecified atom stereocenters. The Bertz CT molecular complexity index is 1190. The number of carboxylic acids is 1. The molecule has 3 heterocycles. The Hall–Kier alpha value is -3.95. The molecule has 2 amide bonds. The predicted molar refractivity (Wildman–Crippen MR) is 112 cm³/mol. The predicted octanol–water partition coefficient (Wildman–Crippen LogP) is 1.42. The lowest BCUT2D eigenvalue weighted by Gasteiger charge is -2.18. The number of aromatic amines is 1. The third kappa shape index (κ3) is 4.32. The first kappa shape index (κ1) is 20.3. The number of rotatable bonds is 5. The summed E-state index contributed by atoms with van der Waals surface area (Å²) in [5, 5.41) is 14.7. The smallest absolute Gasteiger partial charge is 0.305 e. The zero-order valence-electron chi connectivity index (χ0n) is 17.1. The summed E-state index contributed by atoms with van der Waals surface area (Å²) in [6.45, 7) is 2.38. The molecule has 3 aromatic rings. The highest BCUT2D eigenvalue weighted by Gasteiger charge is 2.26. The van der Waals surface area contributed by atoms with Crippen LogP contribution in [0.2, 0.25) is 0 Å². The van der Waals surface area contributed by atoms with E-state index in [4.69, 9.17) is 5.11 Å². The van der Waals surface area contributed by atoms with Crippen molar-refractivity contribution in [3.8, 4) is 0 Å². The first-order chi connectivity index (χ1) is 14.8. The second kappa shape index (κ2) is 8.05. The number of aromatic nitrogens is 3. The number of H-pyrrole nitrogens is 1. The van der Waals surface area contributed by atoms with Crippen molar-refractivity contribution in [3.63, 3.8) is 0 Å².